The van der Waals surface area contributed by atoms with Gasteiger partial charge in [-0.05, 0) is 37.5 Å². The van der Waals surface area contributed by atoms with Crippen LogP contribution in [0.2, 0.25) is 0 Å². The third-order valence-electron chi connectivity index (χ3n) is 5.52. The molecule has 0 N–H and O–H groups in total. The Morgan fingerprint density at radius 1 is 1.00 bits per heavy atom. The quantitative estimate of drug-likeness (QED) is 0.794. The van der Waals surface area contributed by atoms with E-state index in [9.17, 15) is 13.2 Å². The standard InChI is InChI=1S/C21H26N2O3S/c1-3-27(25,26)23-16-14-21(15-17-23,18-10-6-4-7-11-18)20(24)22(2)19-12-8-5-9-13-19/h4-13H,3,14-17H2,1-2H3. The minimum Gasteiger partial charge on any atom is -0.315 e. The zero-order chi connectivity index (χ0) is 19.5. The Kier molecular flexibility index (Phi) is 5.67. The molecule has 0 radical (unpaired) electrons. The van der Waals surface area contributed by atoms with Gasteiger partial charge >= 0.3 is 0 Å². The number of carbonyl (C=O) groups is 1. The molecule has 6 heteroatoms. The molecule has 1 aliphatic rings. The average molecular weight is 387 g/mol. The first-order valence-electron chi connectivity index (χ1n) is 9.27. The Morgan fingerprint density at radius 3 is 2.04 bits per heavy atom. The maximum absolute atomic E-state index is 13.6. The van der Waals surface area contributed by atoms with E-state index >= 15 is 0 Å². The molecule has 1 aliphatic heterocycles. The highest BCUT2D eigenvalue weighted by Crippen LogP contribution is 2.38. The van der Waals surface area contributed by atoms with Gasteiger partial charge in [-0.1, -0.05) is 48.5 Å². The van der Waals surface area contributed by atoms with E-state index in [1.54, 1.807) is 18.9 Å². The van der Waals surface area contributed by atoms with Gasteiger partial charge in [0, 0.05) is 25.8 Å². The van der Waals surface area contributed by atoms with Crippen LogP contribution in [0, 0.1) is 0 Å². The second-order valence-corrected chi connectivity index (χ2v) is 9.21. The second kappa shape index (κ2) is 7.82. The van der Waals surface area contributed by atoms with E-state index in [-0.39, 0.29) is 11.7 Å². The fraction of sp³-hybridized carbons (Fsp3) is 0.381. The molecule has 1 saturated heterocycles. The molecule has 0 aromatic heterocycles. The van der Waals surface area contributed by atoms with Gasteiger partial charge in [0.05, 0.1) is 11.2 Å². The average Bonchev–Trinajstić information content (AvgIpc) is 2.74. The highest BCUT2D eigenvalue weighted by Gasteiger charge is 2.46. The lowest BCUT2D eigenvalue weighted by atomic mass is 9.72. The summed E-state index contributed by atoms with van der Waals surface area (Å²) in [5.41, 5.74) is 1.07. The fourth-order valence-electron chi connectivity index (χ4n) is 3.80. The van der Waals surface area contributed by atoms with E-state index in [0.717, 1.165) is 11.3 Å². The number of anilines is 1. The molecule has 2 aromatic rings. The van der Waals surface area contributed by atoms with Gasteiger partial charge < -0.3 is 4.90 Å². The fourth-order valence-corrected chi connectivity index (χ4v) is 4.91. The highest BCUT2D eigenvalue weighted by atomic mass is 32.2. The molecule has 2 aromatic carbocycles. The number of hydrogen-bond donors (Lipinski definition) is 0. The predicted octanol–water partition coefficient (Wildman–Crippen LogP) is 3.03. The number of sulfonamides is 1. The number of hydrogen-bond acceptors (Lipinski definition) is 3. The maximum atomic E-state index is 13.6. The van der Waals surface area contributed by atoms with Gasteiger partial charge in [0.1, 0.15) is 0 Å². The van der Waals surface area contributed by atoms with Crippen molar-refractivity contribution in [3.8, 4) is 0 Å². The maximum Gasteiger partial charge on any atom is 0.237 e. The summed E-state index contributed by atoms with van der Waals surface area (Å²) in [6, 6.07) is 19.3. The van der Waals surface area contributed by atoms with Gasteiger partial charge in [-0.3, -0.25) is 4.79 Å². The number of benzene rings is 2. The Hall–Kier alpha value is -2.18. The van der Waals surface area contributed by atoms with E-state index in [1.165, 1.54) is 4.31 Å². The Bertz CT molecular complexity index is 874. The van der Waals surface area contributed by atoms with Crippen LogP contribution in [0.1, 0.15) is 25.3 Å². The molecule has 27 heavy (non-hydrogen) atoms. The summed E-state index contributed by atoms with van der Waals surface area (Å²) in [4.78, 5) is 15.3. The minimum absolute atomic E-state index is 0.00782. The van der Waals surface area contributed by atoms with Gasteiger partial charge in [-0.15, -0.1) is 0 Å². The third-order valence-corrected chi connectivity index (χ3v) is 7.40. The van der Waals surface area contributed by atoms with Crippen molar-refractivity contribution in [3.63, 3.8) is 0 Å². The van der Waals surface area contributed by atoms with Gasteiger partial charge in [-0.25, -0.2) is 12.7 Å². The SMILES string of the molecule is CCS(=O)(=O)N1CCC(C(=O)N(C)c2ccccc2)(c2ccccc2)CC1. The summed E-state index contributed by atoms with van der Waals surface area (Å²) in [5.74, 6) is 0.0943. The van der Waals surface area contributed by atoms with E-state index in [0.29, 0.717) is 25.9 Å². The van der Waals surface area contributed by atoms with Crippen molar-refractivity contribution in [1.29, 1.82) is 0 Å². The van der Waals surface area contributed by atoms with Crippen molar-refractivity contribution >= 4 is 21.6 Å². The van der Waals surface area contributed by atoms with Gasteiger partial charge in [-0.2, -0.15) is 0 Å². The van der Waals surface area contributed by atoms with Crippen LogP contribution in [-0.2, 0) is 20.2 Å². The topological polar surface area (TPSA) is 57.7 Å². The summed E-state index contributed by atoms with van der Waals surface area (Å²) in [5, 5.41) is 0. The molecular weight excluding hydrogens is 360 g/mol. The van der Waals surface area contributed by atoms with Crippen molar-refractivity contribution < 1.29 is 13.2 Å². The molecule has 0 bridgehead atoms. The molecule has 1 amide bonds. The zero-order valence-corrected chi connectivity index (χ0v) is 16.7. The summed E-state index contributed by atoms with van der Waals surface area (Å²) >= 11 is 0. The highest BCUT2D eigenvalue weighted by molar-refractivity contribution is 7.89. The normalized spacial score (nSPS) is 17.4. The summed E-state index contributed by atoms with van der Waals surface area (Å²) in [7, 11) is -1.45. The van der Waals surface area contributed by atoms with E-state index in [2.05, 4.69) is 0 Å². The molecule has 0 spiro atoms. The first kappa shape index (κ1) is 19.6. The smallest absolute Gasteiger partial charge is 0.237 e. The van der Waals surface area contributed by atoms with Gasteiger partial charge in [0.2, 0.25) is 15.9 Å². The third kappa shape index (κ3) is 3.77. The van der Waals surface area contributed by atoms with Crippen LogP contribution >= 0.6 is 0 Å². The van der Waals surface area contributed by atoms with E-state index in [1.807, 2.05) is 60.7 Å². The molecule has 0 saturated carbocycles. The van der Waals surface area contributed by atoms with Crippen molar-refractivity contribution in [2.24, 2.45) is 0 Å². The molecular formula is C21H26N2O3S. The van der Waals surface area contributed by atoms with Crippen LogP contribution in [0.25, 0.3) is 0 Å². The number of para-hydroxylation sites is 1. The summed E-state index contributed by atoms with van der Waals surface area (Å²) in [6.45, 7) is 2.38. The molecule has 5 nitrogen and oxygen atoms in total. The molecule has 3 rings (SSSR count). The predicted molar refractivity (Wildman–Crippen MR) is 108 cm³/mol. The number of likely N-dealkylation sites (N-methyl/N-ethyl adjacent to an activating group) is 1. The molecule has 0 unspecified atom stereocenters. The summed E-state index contributed by atoms with van der Waals surface area (Å²) in [6.07, 6.45) is 0.957. The van der Waals surface area contributed by atoms with Crippen LogP contribution in [0.15, 0.2) is 60.7 Å². The Morgan fingerprint density at radius 2 is 1.52 bits per heavy atom. The van der Waals surface area contributed by atoms with Crippen LogP contribution in [0.3, 0.4) is 0 Å². The van der Waals surface area contributed by atoms with Crippen LogP contribution < -0.4 is 4.90 Å². The lowest BCUT2D eigenvalue weighted by Gasteiger charge is -2.42. The van der Waals surface area contributed by atoms with Gasteiger partial charge in [0.15, 0.2) is 0 Å². The van der Waals surface area contributed by atoms with Crippen molar-refractivity contribution in [2.45, 2.75) is 25.2 Å². The molecule has 0 aliphatic carbocycles. The van der Waals surface area contributed by atoms with Crippen LogP contribution in [0.5, 0.6) is 0 Å². The monoisotopic (exact) mass is 386 g/mol. The van der Waals surface area contributed by atoms with E-state index in [4.69, 9.17) is 0 Å². The molecule has 1 fully saturated rings. The summed E-state index contributed by atoms with van der Waals surface area (Å²) < 4.78 is 26.0. The first-order chi connectivity index (χ1) is 12.9. The largest absolute Gasteiger partial charge is 0.315 e. The molecule has 144 valence electrons. The van der Waals surface area contributed by atoms with Crippen molar-refractivity contribution in [1.82, 2.24) is 4.31 Å². The van der Waals surface area contributed by atoms with Crippen LogP contribution in [0.4, 0.5) is 5.69 Å². The van der Waals surface area contributed by atoms with Crippen LogP contribution in [-0.4, -0.2) is 44.5 Å². The van der Waals surface area contributed by atoms with Crippen molar-refractivity contribution in [2.75, 3.05) is 30.8 Å². The minimum atomic E-state index is -3.24. The first-order valence-corrected chi connectivity index (χ1v) is 10.9. The van der Waals surface area contributed by atoms with Gasteiger partial charge in [0.25, 0.3) is 0 Å². The van der Waals surface area contributed by atoms with E-state index < -0.39 is 15.4 Å². The zero-order valence-electron chi connectivity index (χ0n) is 15.8. The number of piperidine rings is 1. The van der Waals surface area contributed by atoms with Crippen molar-refractivity contribution in [3.05, 3.63) is 66.2 Å². The molecule has 1 heterocycles. The Labute approximate surface area is 161 Å². The second-order valence-electron chi connectivity index (χ2n) is 6.95. The Balaban J connectivity index is 1.95. The number of rotatable bonds is 5. The number of amides is 1. The number of nitrogens with zero attached hydrogens (tertiary/aromatic N) is 2. The lowest BCUT2D eigenvalue weighted by Crippen LogP contribution is -2.53. The lowest BCUT2D eigenvalue weighted by molar-refractivity contribution is -0.125. The molecule has 0 atom stereocenters. The number of carbonyl (C=O) groups excluding carboxylic acids is 1.